The molecule has 1 aromatic carbocycles. The van der Waals surface area contributed by atoms with E-state index in [1.54, 1.807) is 0 Å². The van der Waals surface area contributed by atoms with Crippen LogP contribution in [0.25, 0.3) is 10.9 Å². The molecule has 0 aliphatic carbocycles. The van der Waals surface area contributed by atoms with Gasteiger partial charge >= 0.3 is 0 Å². The largest absolute Gasteiger partial charge is 0.397 e. The van der Waals surface area contributed by atoms with E-state index in [0.717, 1.165) is 12.2 Å². The minimum absolute atomic E-state index is 0.890. The third kappa shape index (κ3) is 2.82. The first-order valence-electron chi connectivity index (χ1n) is 6.66. The van der Waals surface area contributed by atoms with Gasteiger partial charge in [0.25, 0.3) is 0 Å². The molecule has 0 spiro atoms. The van der Waals surface area contributed by atoms with Crippen molar-refractivity contribution >= 4 is 16.6 Å². The molecule has 0 fully saturated rings. The standard InChI is InChI=1S/C15H22N2/c1-2-3-4-5-6-11-17-12-10-13-8-7-9-14(16)15(13)17/h7-10,12H,2-6,11,16H2,1H3. The number of hydrogen-bond acceptors (Lipinski definition) is 1. The Morgan fingerprint density at radius 1 is 1.06 bits per heavy atom. The van der Waals surface area contributed by atoms with Crippen LogP contribution in [0, 0.1) is 0 Å². The third-order valence-corrected chi connectivity index (χ3v) is 3.32. The van der Waals surface area contributed by atoms with Crippen molar-refractivity contribution in [3.8, 4) is 0 Å². The van der Waals surface area contributed by atoms with E-state index in [1.165, 1.54) is 43.0 Å². The first kappa shape index (κ1) is 12.0. The second-order valence-electron chi connectivity index (χ2n) is 4.71. The lowest BCUT2D eigenvalue weighted by Gasteiger charge is -2.07. The van der Waals surface area contributed by atoms with Crippen LogP contribution in [0.3, 0.4) is 0 Å². The number of unbranched alkanes of at least 4 members (excludes halogenated alkanes) is 4. The maximum Gasteiger partial charge on any atom is 0.0713 e. The van der Waals surface area contributed by atoms with Crippen LogP contribution in [0.1, 0.15) is 39.0 Å². The SMILES string of the molecule is CCCCCCCn1ccc2cccc(N)c21. The summed E-state index contributed by atoms with van der Waals surface area (Å²) in [7, 11) is 0. The minimum Gasteiger partial charge on any atom is -0.397 e. The number of nitrogen functional groups attached to an aromatic ring is 1. The molecule has 1 heterocycles. The Morgan fingerprint density at radius 3 is 2.71 bits per heavy atom. The van der Waals surface area contributed by atoms with Crippen molar-refractivity contribution in [1.82, 2.24) is 4.57 Å². The molecule has 0 amide bonds. The van der Waals surface area contributed by atoms with Gasteiger partial charge in [0.15, 0.2) is 0 Å². The summed E-state index contributed by atoms with van der Waals surface area (Å²) in [5, 5.41) is 1.25. The first-order chi connectivity index (χ1) is 8.33. The summed E-state index contributed by atoms with van der Waals surface area (Å²) >= 11 is 0. The van der Waals surface area contributed by atoms with Gasteiger partial charge in [0.05, 0.1) is 11.2 Å². The second kappa shape index (κ2) is 5.76. The van der Waals surface area contributed by atoms with Gasteiger partial charge in [0.2, 0.25) is 0 Å². The van der Waals surface area contributed by atoms with E-state index in [2.05, 4.69) is 29.8 Å². The molecule has 0 unspecified atom stereocenters. The Labute approximate surface area is 103 Å². The number of benzene rings is 1. The lowest BCUT2D eigenvalue weighted by molar-refractivity contribution is 0.577. The highest BCUT2D eigenvalue weighted by atomic mass is 15.0. The van der Waals surface area contributed by atoms with Crippen molar-refractivity contribution in [3.63, 3.8) is 0 Å². The first-order valence-corrected chi connectivity index (χ1v) is 6.66. The Kier molecular flexibility index (Phi) is 4.08. The minimum atomic E-state index is 0.890. The number of hydrogen-bond donors (Lipinski definition) is 1. The zero-order valence-electron chi connectivity index (χ0n) is 10.7. The lowest BCUT2D eigenvalue weighted by Crippen LogP contribution is -1.98. The Hall–Kier alpha value is -1.44. The number of nitrogens with zero attached hydrogens (tertiary/aromatic N) is 1. The summed E-state index contributed by atoms with van der Waals surface area (Å²) in [4.78, 5) is 0. The number of rotatable bonds is 6. The van der Waals surface area contributed by atoms with Gasteiger partial charge in [-0.25, -0.2) is 0 Å². The highest BCUT2D eigenvalue weighted by Crippen LogP contribution is 2.22. The third-order valence-electron chi connectivity index (χ3n) is 3.32. The normalized spacial score (nSPS) is 11.1. The predicted octanol–water partition coefficient (Wildman–Crippen LogP) is 4.19. The molecule has 0 saturated carbocycles. The van der Waals surface area contributed by atoms with E-state index in [9.17, 15) is 0 Å². The number of aromatic nitrogens is 1. The van der Waals surface area contributed by atoms with Gasteiger partial charge < -0.3 is 10.3 Å². The zero-order valence-corrected chi connectivity index (χ0v) is 10.7. The van der Waals surface area contributed by atoms with E-state index < -0.39 is 0 Å². The lowest BCUT2D eigenvalue weighted by atomic mass is 10.1. The number of aryl methyl sites for hydroxylation is 1. The molecule has 2 N–H and O–H groups in total. The molecule has 92 valence electrons. The smallest absolute Gasteiger partial charge is 0.0713 e. The average Bonchev–Trinajstić information content (AvgIpc) is 2.74. The van der Waals surface area contributed by atoms with Crippen LogP contribution in [0.15, 0.2) is 30.5 Å². The molecule has 0 aliphatic rings. The van der Waals surface area contributed by atoms with Crippen LogP contribution >= 0.6 is 0 Å². The zero-order chi connectivity index (χ0) is 12.1. The Balaban J connectivity index is 1.99. The fraction of sp³-hybridized carbons (Fsp3) is 0.467. The van der Waals surface area contributed by atoms with Gasteiger partial charge in [0, 0.05) is 18.1 Å². The van der Waals surface area contributed by atoms with E-state index in [4.69, 9.17) is 5.73 Å². The van der Waals surface area contributed by atoms with Crippen molar-refractivity contribution in [2.45, 2.75) is 45.6 Å². The molecular formula is C15H22N2. The quantitative estimate of drug-likeness (QED) is 0.585. The summed E-state index contributed by atoms with van der Waals surface area (Å²) in [5.74, 6) is 0. The maximum absolute atomic E-state index is 6.03. The van der Waals surface area contributed by atoms with E-state index in [-0.39, 0.29) is 0 Å². The number of anilines is 1. The molecule has 2 aromatic rings. The molecule has 1 aromatic heterocycles. The van der Waals surface area contributed by atoms with Crippen molar-refractivity contribution in [2.24, 2.45) is 0 Å². The molecule has 0 bridgehead atoms. The van der Waals surface area contributed by atoms with Crippen molar-refractivity contribution in [1.29, 1.82) is 0 Å². The maximum atomic E-state index is 6.03. The number of nitrogens with two attached hydrogens (primary N) is 1. The molecule has 0 aliphatic heterocycles. The van der Waals surface area contributed by atoms with Gasteiger partial charge in [-0.15, -0.1) is 0 Å². The van der Waals surface area contributed by atoms with Gasteiger partial charge in [-0.3, -0.25) is 0 Å². The Bertz CT molecular complexity index is 471. The molecule has 17 heavy (non-hydrogen) atoms. The van der Waals surface area contributed by atoms with E-state index in [1.807, 2.05) is 12.1 Å². The average molecular weight is 230 g/mol. The Morgan fingerprint density at radius 2 is 1.88 bits per heavy atom. The molecule has 0 radical (unpaired) electrons. The summed E-state index contributed by atoms with van der Waals surface area (Å²) in [6, 6.07) is 8.27. The van der Waals surface area contributed by atoms with E-state index >= 15 is 0 Å². The summed E-state index contributed by atoms with van der Waals surface area (Å²) in [5.41, 5.74) is 8.12. The number of fused-ring (bicyclic) bond motifs is 1. The summed E-state index contributed by atoms with van der Waals surface area (Å²) in [6.45, 7) is 3.33. The van der Waals surface area contributed by atoms with Crippen LogP contribution in [0.2, 0.25) is 0 Å². The molecule has 0 atom stereocenters. The van der Waals surface area contributed by atoms with Gasteiger partial charge in [-0.05, 0) is 18.6 Å². The van der Waals surface area contributed by atoms with E-state index in [0.29, 0.717) is 0 Å². The highest BCUT2D eigenvalue weighted by molar-refractivity contribution is 5.90. The fourth-order valence-electron chi connectivity index (χ4n) is 2.36. The van der Waals surface area contributed by atoms with Crippen LogP contribution in [0.4, 0.5) is 5.69 Å². The van der Waals surface area contributed by atoms with Gasteiger partial charge in [-0.2, -0.15) is 0 Å². The molecule has 2 heteroatoms. The molecular weight excluding hydrogens is 208 g/mol. The van der Waals surface area contributed by atoms with Crippen molar-refractivity contribution in [2.75, 3.05) is 5.73 Å². The second-order valence-corrected chi connectivity index (χ2v) is 4.71. The summed E-state index contributed by atoms with van der Waals surface area (Å²) in [6.07, 6.45) is 8.73. The van der Waals surface area contributed by atoms with Crippen LogP contribution in [0.5, 0.6) is 0 Å². The van der Waals surface area contributed by atoms with Crippen LogP contribution in [-0.4, -0.2) is 4.57 Å². The number of para-hydroxylation sites is 1. The fourth-order valence-corrected chi connectivity index (χ4v) is 2.36. The van der Waals surface area contributed by atoms with Gasteiger partial charge in [-0.1, -0.05) is 44.7 Å². The van der Waals surface area contributed by atoms with Gasteiger partial charge in [0.1, 0.15) is 0 Å². The monoisotopic (exact) mass is 230 g/mol. The molecule has 0 saturated heterocycles. The van der Waals surface area contributed by atoms with Crippen LogP contribution in [-0.2, 0) is 6.54 Å². The highest BCUT2D eigenvalue weighted by Gasteiger charge is 2.03. The van der Waals surface area contributed by atoms with Crippen molar-refractivity contribution in [3.05, 3.63) is 30.5 Å². The summed E-state index contributed by atoms with van der Waals surface area (Å²) < 4.78 is 2.29. The molecule has 2 nitrogen and oxygen atoms in total. The van der Waals surface area contributed by atoms with Crippen molar-refractivity contribution < 1.29 is 0 Å². The molecule has 2 rings (SSSR count). The van der Waals surface area contributed by atoms with Crippen LogP contribution < -0.4 is 5.73 Å². The predicted molar refractivity (Wildman–Crippen MR) is 75.1 cm³/mol. The topological polar surface area (TPSA) is 30.9 Å².